The van der Waals surface area contributed by atoms with Gasteiger partial charge in [-0.2, -0.15) is 0 Å². The first kappa shape index (κ1) is 4.47. The molecule has 0 amide bonds. The van der Waals surface area contributed by atoms with Crippen LogP contribution in [0.25, 0.3) is 0 Å². The van der Waals surface area contributed by atoms with Crippen molar-refractivity contribution in [1.82, 2.24) is 0 Å². The highest BCUT2D eigenvalue weighted by molar-refractivity contribution is 5.91. The molecule has 0 atom stereocenters. The fourth-order valence-electron chi connectivity index (χ4n) is 0. The van der Waals surface area contributed by atoms with Crippen LogP contribution in [0.15, 0.2) is 5.16 Å². The van der Waals surface area contributed by atoms with Crippen LogP contribution in [0, 0.1) is 13.8 Å². The molecular formula is C3H5NO. The van der Waals surface area contributed by atoms with Gasteiger partial charge in [-0.1, -0.05) is 5.16 Å². The van der Waals surface area contributed by atoms with Crippen molar-refractivity contribution in [1.29, 1.82) is 0 Å². The lowest BCUT2D eigenvalue weighted by molar-refractivity contribution is 0.320. The van der Waals surface area contributed by atoms with Gasteiger partial charge in [-0.05, 0) is 13.8 Å². The molecule has 0 heterocycles. The van der Waals surface area contributed by atoms with Crippen LogP contribution in [0.3, 0.4) is 0 Å². The van der Waals surface area contributed by atoms with Crippen LogP contribution >= 0.6 is 0 Å². The molecule has 0 saturated heterocycles. The molecule has 0 fully saturated rings. The summed E-state index contributed by atoms with van der Waals surface area (Å²) < 4.78 is 0. The van der Waals surface area contributed by atoms with Crippen LogP contribution in [0.2, 0.25) is 0 Å². The smallest absolute Gasteiger partial charge is 0.0578 e. The monoisotopic (exact) mass is 71.0 g/mol. The first-order chi connectivity index (χ1) is 2.27. The summed E-state index contributed by atoms with van der Waals surface area (Å²) in [5.74, 6) is 0. The highest BCUT2D eigenvalue weighted by Crippen LogP contribution is 1.60. The van der Waals surface area contributed by atoms with E-state index in [2.05, 4.69) is 19.0 Å². The summed E-state index contributed by atoms with van der Waals surface area (Å²) in [6, 6.07) is 0. The molecule has 0 aliphatic heterocycles. The molecule has 0 saturated carbocycles. The van der Waals surface area contributed by atoms with Gasteiger partial charge in [-0.3, -0.25) is 0 Å². The molecule has 0 spiro atoms. The van der Waals surface area contributed by atoms with Gasteiger partial charge in [0.1, 0.15) is 0 Å². The summed E-state index contributed by atoms with van der Waals surface area (Å²) in [5.41, 5.74) is 0.185. The Morgan fingerprint density at radius 1 is 1.60 bits per heavy atom. The Kier molecular flexibility index (Phi) is 1.57. The summed E-state index contributed by atoms with van der Waals surface area (Å²) >= 11 is 0. The quantitative estimate of drug-likeness (QED) is 0.251. The van der Waals surface area contributed by atoms with E-state index >= 15 is 0 Å². The van der Waals surface area contributed by atoms with Gasteiger partial charge in [0.25, 0.3) is 0 Å². The minimum absolute atomic E-state index is 0.185. The zero-order valence-corrected chi connectivity index (χ0v) is 2.81. The van der Waals surface area contributed by atoms with Crippen molar-refractivity contribution in [2.75, 3.05) is 0 Å². The molecule has 0 bridgehead atoms. The standard InChI is InChI=1S/C3H5NO/c1-3(2)4-5/h5H,1-2H2. The maximum Gasteiger partial charge on any atom is 0.0578 e. The van der Waals surface area contributed by atoms with Gasteiger partial charge >= 0.3 is 0 Å². The lowest BCUT2D eigenvalue weighted by Crippen LogP contribution is -1.76. The molecule has 28 valence electrons. The van der Waals surface area contributed by atoms with E-state index in [1.54, 1.807) is 0 Å². The number of hydrogen-bond donors (Lipinski definition) is 1. The second kappa shape index (κ2) is 1.76. The van der Waals surface area contributed by atoms with Gasteiger partial charge in [-0.15, -0.1) is 0 Å². The predicted molar refractivity (Wildman–Crippen MR) is 19.9 cm³/mol. The Morgan fingerprint density at radius 2 is 1.80 bits per heavy atom. The normalized spacial score (nSPS) is 6.80. The topological polar surface area (TPSA) is 32.6 Å². The molecule has 2 nitrogen and oxygen atoms in total. The van der Waals surface area contributed by atoms with Crippen molar-refractivity contribution in [3.63, 3.8) is 0 Å². The Bertz CT molecular complexity index is 44.9. The van der Waals surface area contributed by atoms with E-state index in [1.807, 2.05) is 0 Å². The van der Waals surface area contributed by atoms with Crippen LogP contribution in [0.1, 0.15) is 0 Å². The molecule has 0 rings (SSSR count). The molecule has 0 aromatic carbocycles. The third-order valence-electron chi connectivity index (χ3n) is 0.141. The Morgan fingerprint density at radius 3 is 1.80 bits per heavy atom. The minimum Gasteiger partial charge on any atom is -0.411 e. The van der Waals surface area contributed by atoms with Crippen molar-refractivity contribution in [3.05, 3.63) is 13.8 Å². The number of hydrogen-bond acceptors (Lipinski definition) is 2. The van der Waals surface area contributed by atoms with Crippen LogP contribution in [-0.2, 0) is 0 Å². The third kappa shape index (κ3) is 3.47. The maximum atomic E-state index is 7.61. The number of rotatable bonds is 0. The van der Waals surface area contributed by atoms with E-state index in [0.717, 1.165) is 0 Å². The van der Waals surface area contributed by atoms with Crippen LogP contribution in [0.4, 0.5) is 0 Å². The first-order valence-corrected chi connectivity index (χ1v) is 1.13. The highest BCUT2D eigenvalue weighted by atomic mass is 16.4. The summed E-state index contributed by atoms with van der Waals surface area (Å²) in [7, 11) is 0. The fraction of sp³-hybridized carbons (Fsp3) is 0. The summed E-state index contributed by atoms with van der Waals surface area (Å²) in [6.07, 6.45) is 0. The molecule has 1 N–H and O–H groups in total. The minimum atomic E-state index is 0.185. The molecular weight excluding hydrogens is 66.0 g/mol. The van der Waals surface area contributed by atoms with E-state index in [-0.39, 0.29) is 5.71 Å². The largest absolute Gasteiger partial charge is 0.411 e. The van der Waals surface area contributed by atoms with Crippen LogP contribution < -0.4 is 0 Å². The third-order valence-corrected chi connectivity index (χ3v) is 0.141. The molecule has 0 unspecified atom stereocenters. The average Bonchev–Trinajstić information content (AvgIpc) is 1.38. The zero-order valence-electron chi connectivity index (χ0n) is 2.81. The van der Waals surface area contributed by atoms with Gasteiger partial charge in [0, 0.05) is 0 Å². The van der Waals surface area contributed by atoms with E-state index < -0.39 is 0 Å². The van der Waals surface area contributed by atoms with Gasteiger partial charge in [-0.25, -0.2) is 0 Å². The van der Waals surface area contributed by atoms with Crippen molar-refractivity contribution in [2.24, 2.45) is 5.16 Å². The molecule has 0 aliphatic carbocycles. The number of nitrogens with zero attached hydrogens (tertiary/aromatic N) is 1. The Labute approximate surface area is 31.1 Å². The van der Waals surface area contributed by atoms with Gasteiger partial charge in [0.2, 0.25) is 0 Å². The van der Waals surface area contributed by atoms with Crippen molar-refractivity contribution >= 4 is 5.71 Å². The SMILES string of the molecule is [CH2]C([CH2])=NO. The van der Waals surface area contributed by atoms with Crippen LogP contribution in [-0.4, -0.2) is 10.9 Å². The molecule has 0 aliphatic rings. The average molecular weight is 71.1 g/mol. The van der Waals surface area contributed by atoms with Gasteiger partial charge in [0.05, 0.1) is 5.71 Å². The second-order valence-corrected chi connectivity index (χ2v) is 0.666. The molecule has 2 radical (unpaired) electrons. The first-order valence-electron chi connectivity index (χ1n) is 1.13. The van der Waals surface area contributed by atoms with E-state index in [4.69, 9.17) is 5.21 Å². The number of oxime groups is 1. The van der Waals surface area contributed by atoms with E-state index in [0.29, 0.717) is 0 Å². The highest BCUT2D eigenvalue weighted by Gasteiger charge is 1.66. The molecule has 2 heteroatoms. The van der Waals surface area contributed by atoms with Crippen molar-refractivity contribution in [3.8, 4) is 0 Å². The van der Waals surface area contributed by atoms with Crippen LogP contribution in [0.5, 0.6) is 0 Å². The molecule has 0 aromatic rings. The fourth-order valence-corrected chi connectivity index (χ4v) is 0. The lowest BCUT2D eigenvalue weighted by Gasteiger charge is -1.71. The molecule has 5 heavy (non-hydrogen) atoms. The predicted octanol–water partition coefficient (Wildman–Crippen LogP) is 0.485. The van der Waals surface area contributed by atoms with Crippen molar-refractivity contribution < 1.29 is 5.21 Å². The summed E-state index contributed by atoms with van der Waals surface area (Å²) in [4.78, 5) is 0. The maximum absolute atomic E-state index is 7.61. The molecule has 0 aromatic heterocycles. The lowest BCUT2D eigenvalue weighted by atomic mass is 10.5. The second-order valence-electron chi connectivity index (χ2n) is 0.666. The van der Waals surface area contributed by atoms with E-state index in [9.17, 15) is 0 Å². The van der Waals surface area contributed by atoms with Gasteiger partial charge < -0.3 is 5.21 Å². The zero-order chi connectivity index (χ0) is 4.28. The Balaban J connectivity index is 3.14. The van der Waals surface area contributed by atoms with Crippen molar-refractivity contribution in [2.45, 2.75) is 0 Å². The summed E-state index contributed by atoms with van der Waals surface area (Å²) in [5, 5.41) is 10.2. The van der Waals surface area contributed by atoms with E-state index in [1.165, 1.54) is 0 Å². The van der Waals surface area contributed by atoms with Gasteiger partial charge in [0.15, 0.2) is 0 Å². The summed E-state index contributed by atoms with van der Waals surface area (Å²) in [6.45, 7) is 6.29. The Hall–Kier alpha value is -0.530.